The predicted molar refractivity (Wildman–Crippen MR) is 109 cm³/mol. The zero-order valence-corrected chi connectivity index (χ0v) is 16.5. The van der Waals surface area contributed by atoms with Gasteiger partial charge in [0.15, 0.2) is 0 Å². The Balaban J connectivity index is 1.59. The number of carbonyl (C=O) groups excluding carboxylic acids is 1. The van der Waals surface area contributed by atoms with E-state index in [1.165, 1.54) is 0 Å². The number of hydrogen-bond donors (Lipinski definition) is 2. The molecule has 0 radical (unpaired) electrons. The van der Waals surface area contributed by atoms with Gasteiger partial charge in [0, 0.05) is 22.3 Å². The molecule has 136 valence electrons. The van der Waals surface area contributed by atoms with Gasteiger partial charge in [-0.15, -0.1) is 0 Å². The number of nitrogens with one attached hydrogen (secondary N) is 1. The van der Waals surface area contributed by atoms with Crippen LogP contribution in [0, 0.1) is 3.57 Å². The minimum atomic E-state index is -0.857. The topological polar surface area (TPSA) is 69.6 Å². The van der Waals surface area contributed by atoms with Crippen LogP contribution in [0.5, 0.6) is 0 Å². The third-order valence-corrected chi connectivity index (χ3v) is 5.66. The zero-order valence-electron chi connectivity index (χ0n) is 14.3. The van der Waals surface area contributed by atoms with Crippen molar-refractivity contribution in [1.29, 1.82) is 0 Å². The summed E-state index contributed by atoms with van der Waals surface area (Å²) in [7, 11) is 0. The molecule has 0 unspecified atom stereocenters. The summed E-state index contributed by atoms with van der Waals surface area (Å²) >= 11 is 2.22. The standard InChI is InChI=1S/C20H21IN2O3/c21-16-6-8-17(9-7-16)22-18(24)14-23-12-10-20(11-13-23,19(25)26)15-4-2-1-3-5-15/h1-9H,10-14H2,(H,22,24)(H,25,26). The molecule has 1 saturated heterocycles. The number of rotatable bonds is 5. The lowest BCUT2D eigenvalue weighted by Crippen LogP contribution is -2.49. The highest BCUT2D eigenvalue weighted by atomic mass is 127. The lowest BCUT2D eigenvalue weighted by Gasteiger charge is -2.39. The molecular formula is C20H21IN2O3. The van der Waals surface area contributed by atoms with E-state index in [4.69, 9.17) is 0 Å². The molecule has 0 aliphatic carbocycles. The first-order valence-corrected chi connectivity index (χ1v) is 9.64. The van der Waals surface area contributed by atoms with Gasteiger partial charge >= 0.3 is 5.97 Å². The van der Waals surface area contributed by atoms with E-state index in [1.807, 2.05) is 59.5 Å². The van der Waals surface area contributed by atoms with Crippen molar-refractivity contribution in [2.75, 3.05) is 25.0 Å². The van der Waals surface area contributed by atoms with Gasteiger partial charge in [0.05, 0.1) is 12.0 Å². The highest BCUT2D eigenvalue weighted by molar-refractivity contribution is 14.1. The summed E-state index contributed by atoms with van der Waals surface area (Å²) in [6, 6.07) is 17.0. The van der Waals surface area contributed by atoms with Crippen LogP contribution < -0.4 is 5.32 Å². The minimum Gasteiger partial charge on any atom is -0.481 e. The number of carbonyl (C=O) groups is 2. The summed E-state index contributed by atoms with van der Waals surface area (Å²) < 4.78 is 1.11. The number of carboxylic acid groups (broad SMARTS) is 1. The second-order valence-electron chi connectivity index (χ2n) is 6.58. The molecule has 26 heavy (non-hydrogen) atoms. The van der Waals surface area contributed by atoms with Gasteiger partial charge in [-0.1, -0.05) is 30.3 Å². The largest absolute Gasteiger partial charge is 0.481 e. The van der Waals surface area contributed by atoms with Crippen molar-refractivity contribution in [2.24, 2.45) is 0 Å². The van der Waals surface area contributed by atoms with Gasteiger partial charge in [0.1, 0.15) is 0 Å². The summed E-state index contributed by atoms with van der Waals surface area (Å²) in [5.74, 6) is -0.861. The van der Waals surface area contributed by atoms with Crippen LogP contribution in [0.1, 0.15) is 18.4 Å². The Labute approximate surface area is 166 Å². The Bertz CT molecular complexity index is 769. The van der Waals surface area contributed by atoms with Crippen LogP contribution in [0.2, 0.25) is 0 Å². The lowest BCUT2D eigenvalue weighted by atomic mass is 9.73. The van der Waals surface area contributed by atoms with Crippen molar-refractivity contribution in [3.05, 3.63) is 63.7 Å². The van der Waals surface area contributed by atoms with Gasteiger partial charge in [0.2, 0.25) is 5.91 Å². The molecular weight excluding hydrogens is 443 g/mol. The smallest absolute Gasteiger partial charge is 0.314 e. The maximum absolute atomic E-state index is 12.3. The lowest BCUT2D eigenvalue weighted by molar-refractivity contribution is -0.146. The SMILES string of the molecule is O=C(CN1CCC(C(=O)O)(c2ccccc2)CC1)Nc1ccc(I)cc1. The molecule has 0 saturated carbocycles. The van der Waals surface area contributed by atoms with Crippen molar-refractivity contribution in [2.45, 2.75) is 18.3 Å². The number of amides is 1. The number of likely N-dealkylation sites (tertiary alicyclic amines) is 1. The Morgan fingerprint density at radius 1 is 1.04 bits per heavy atom. The first kappa shape index (κ1) is 18.8. The summed E-state index contributed by atoms with van der Waals surface area (Å²) in [4.78, 5) is 26.3. The quantitative estimate of drug-likeness (QED) is 0.667. The molecule has 0 atom stereocenters. The zero-order chi connectivity index (χ0) is 18.6. The van der Waals surface area contributed by atoms with E-state index in [0.717, 1.165) is 14.8 Å². The summed E-state index contributed by atoms with van der Waals surface area (Å²) in [5, 5.41) is 12.7. The number of anilines is 1. The van der Waals surface area contributed by atoms with Crippen LogP contribution in [-0.4, -0.2) is 41.5 Å². The van der Waals surface area contributed by atoms with E-state index in [9.17, 15) is 14.7 Å². The van der Waals surface area contributed by atoms with Crippen LogP contribution in [0.4, 0.5) is 5.69 Å². The van der Waals surface area contributed by atoms with Crippen molar-refractivity contribution < 1.29 is 14.7 Å². The summed E-state index contributed by atoms with van der Waals surface area (Å²) in [5.41, 5.74) is 0.761. The molecule has 3 rings (SSSR count). The number of benzene rings is 2. The Kier molecular flexibility index (Phi) is 5.93. The number of aliphatic carboxylic acids is 1. The highest BCUT2D eigenvalue weighted by Gasteiger charge is 2.43. The summed E-state index contributed by atoms with van der Waals surface area (Å²) in [6.07, 6.45) is 1.01. The molecule has 0 aromatic heterocycles. The van der Waals surface area contributed by atoms with Crippen molar-refractivity contribution in [1.82, 2.24) is 4.90 Å². The molecule has 1 heterocycles. The normalized spacial score (nSPS) is 16.8. The van der Waals surface area contributed by atoms with Gasteiger partial charge in [-0.2, -0.15) is 0 Å². The number of piperidine rings is 1. The van der Waals surface area contributed by atoms with Gasteiger partial charge in [-0.05, 0) is 65.3 Å². The minimum absolute atomic E-state index is 0.0752. The molecule has 1 amide bonds. The first-order valence-electron chi connectivity index (χ1n) is 8.56. The van der Waals surface area contributed by atoms with Gasteiger partial charge in [-0.3, -0.25) is 14.5 Å². The molecule has 6 heteroatoms. The maximum atomic E-state index is 12.3. The fourth-order valence-corrected chi connectivity index (χ4v) is 3.77. The monoisotopic (exact) mass is 464 g/mol. The van der Waals surface area contributed by atoms with Crippen molar-refractivity contribution in [3.8, 4) is 0 Å². The van der Waals surface area contributed by atoms with E-state index < -0.39 is 11.4 Å². The molecule has 0 bridgehead atoms. The van der Waals surface area contributed by atoms with Crippen LogP contribution in [0.25, 0.3) is 0 Å². The van der Waals surface area contributed by atoms with E-state index in [0.29, 0.717) is 25.9 Å². The van der Waals surface area contributed by atoms with E-state index in [2.05, 4.69) is 27.9 Å². The van der Waals surface area contributed by atoms with Crippen molar-refractivity contribution >= 4 is 40.2 Å². The second-order valence-corrected chi connectivity index (χ2v) is 7.83. The van der Waals surface area contributed by atoms with E-state index in [-0.39, 0.29) is 12.5 Å². The van der Waals surface area contributed by atoms with E-state index in [1.54, 1.807) is 0 Å². The molecule has 5 nitrogen and oxygen atoms in total. The molecule has 1 aliphatic heterocycles. The fraction of sp³-hybridized carbons (Fsp3) is 0.300. The van der Waals surface area contributed by atoms with Crippen LogP contribution in [0.3, 0.4) is 0 Å². The number of carboxylic acids is 1. The van der Waals surface area contributed by atoms with Crippen LogP contribution in [-0.2, 0) is 15.0 Å². The highest BCUT2D eigenvalue weighted by Crippen LogP contribution is 2.35. The molecule has 2 aromatic rings. The number of halogens is 1. The Hall–Kier alpha value is -1.93. The fourth-order valence-electron chi connectivity index (χ4n) is 3.41. The maximum Gasteiger partial charge on any atom is 0.314 e. The van der Waals surface area contributed by atoms with Gasteiger partial charge < -0.3 is 10.4 Å². The van der Waals surface area contributed by atoms with Crippen LogP contribution >= 0.6 is 22.6 Å². The second kappa shape index (κ2) is 8.18. The number of nitrogens with zero attached hydrogens (tertiary/aromatic N) is 1. The van der Waals surface area contributed by atoms with Crippen molar-refractivity contribution in [3.63, 3.8) is 0 Å². The van der Waals surface area contributed by atoms with Crippen LogP contribution in [0.15, 0.2) is 54.6 Å². The Morgan fingerprint density at radius 2 is 1.65 bits per heavy atom. The van der Waals surface area contributed by atoms with E-state index >= 15 is 0 Å². The molecule has 2 aromatic carbocycles. The first-order chi connectivity index (χ1) is 12.5. The summed E-state index contributed by atoms with van der Waals surface area (Å²) in [6.45, 7) is 1.44. The third kappa shape index (κ3) is 4.24. The predicted octanol–water partition coefficient (Wildman–Crippen LogP) is 3.35. The molecule has 2 N–H and O–H groups in total. The van der Waals surface area contributed by atoms with Gasteiger partial charge in [-0.25, -0.2) is 0 Å². The average Bonchev–Trinajstić information content (AvgIpc) is 2.65. The molecule has 1 aliphatic rings. The van der Waals surface area contributed by atoms with Gasteiger partial charge in [0.25, 0.3) is 0 Å². The number of hydrogen-bond acceptors (Lipinski definition) is 3. The molecule has 0 spiro atoms. The third-order valence-electron chi connectivity index (χ3n) is 4.94. The Morgan fingerprint density at radius 3 is 2.23 bits per heavy atom. The average molecular weight is 464 g/mol. The molecule has 1 fully saturated rings.